The predicted octanol–water partition coefficient (Wildman–Crippen LogP) is 5.40. The number of nitrogens with zero attached hydrogens (tertiary/aromatic N) is 9. The number of para-hydroxylation sites is 1. The van der Waals surface area contributed by atoms with E-state index >= 15 is 0 Å². The number of ether oxygens (including phenoxy) is 1. The van der Waals surface area contributed by atoms with Crippen molar-refractivity contribution in [1.29, 1.82) is 0 Å². The Morgan fingerprint density at radius 2 is 1.62 bits per heavy atom. The van der Waals surface area contributed by atoms with Crippen molar-refractivity contribution in [2.45, 2.75) is 50.4 Å². The van der Waals surface area contributed by atoms with Gasteiger partial charge in [-0.05, 0) is 84.8 Å². The van der Waals surface area contributed by atoms with Gasteiger partial charge in [-0.25, -0.2) is 18.7 Å². The Morgan fingerprint density at radius 1 is 0.849 bits per heavy atom. The number of imide groups is 1. The number of hydrogen-bond donors (Lipinski definition) is 4. The minimum absolute atomic E-state index is 0.0365. The third-order valence-electron chi connectivity index (χ3n) is 14.7. The van der Waals surface area contributed by atoms with E-state index in [1.807, 2.05) is 53.4 Å². The van der Waals surface area contributed by atoms with Gasteiger partial charge >= 0.3 is 5.69 Å². The number of piperidine rings is 2. The number of benzene rings is 3. The lowest BCUT2D eigenvalue weighted by Crippen LogP contribution is -2.49. The van der Waals surface area contributed by atoms with Crippen molar-refractivity contribution in [3.8, 4) is 28.1 Å². The maximum absolute atomic E-state index is 13.8. The molecule has 0 radical (unpaired) electrons. The molecule has 11 rings (SSSR count). The summed E-state index contributed by atoms with van der Waals surface area (Å²) in [5, 5.41) is 16.1. The van der Waals surface area contributed by atoms with Crippen LogP contribution in [0.15, 0.2) is 96.1 Å². The SMILES string of the molecule is CNc1cc(Nc2cccc(-c3ccc(C(=O)N4CCC(CN5CCN(c6ccc(-c7ccc8c(c7)n(C)c(=O)n8C7CCC(=O)NC7=O)cc6)CC5)CC4)cn3)c2OC)nn2c(C(=O)N[C@@H]3C[C@@H]3F)cnc12. The summed E-state index contributed by atoms with van der Waals surface area (Å²) >= 11 is 0. The van der Waals surface area contributed by atoms with Crippen molar-refractivity contribution in [3.05, 3.63) is 113 Å². The lowest BCUT2D eigenvalue weighted by Gasteiger charge is -2.39. The monoisotopic (exact) mass is 989 g/mol. The number of rotatable bonds is 13. The van der Waals surface area contributed by atoms with Gasteiger partial charge in [0.2, 0.25) is 11.8 Å². The number of halogens is 1. The first-order valence-corrected chi connectivity index (χ1v) is 24.8. The standard InChI is InChI=1S/C53H56FN13O6/c1-55-41-27-46(61-67-45(29-57-49(41)67)51(70)59-40-26-37(40)54)58-39-6-4-5-36(48(39)73-3)38-13-9-34(28-56-38)52(71)65-19-17-31(18-20-65)30-63-21-23-64(24-22-63)35-11-7-32(8-12-35)33-10-14-42-44(25-33)62(2)53(72)66(42)43-15-16-47(68)60-50(43)69/h4-14,25,27-29,31,37,40,43,55H,15-24,26,30H2,1-3H3,(H,58,61)(H,59,70)(H,60,68,69)/t37-,40+,43?/m0/s1. The molecule has 4 fully saturated rings. The maximum Gasteiger partial charge on any atom is 0.329 e. The molecule has 1 aliphatic carbocycles. The van der Waals surface area contributed by atoms with E-state index in [1.165, 1.54) is 15.3 Å². The molecule has 3 saturated heterocycles. The summed E-state index contributed by atoms with van der Waals surface area (Å²) in [5.41, 5.74) is 7.95. The highest BCUT2D eigenvalue weighted by Gasteiger charge is 2.39. The number of amides is 4. The van der Waals surface area contributed by atoms with Crippen LogP contribution in [0, 0.1) is 5.92 Å². The van der Waals surface area contributed by atoms with Gasteiger partial charge in [-0.2, -0.15) is 0 Å². The normalized spacial score (nSPS) is 19.5. The number of carbonyl (C=O) groups excluding carboxylic acids is 4. The number of hydrogen-bond acceptors (Lipinski definition) is 13. The predicted molar refractivity (Wildman–Crippen MR) is 274 cm³/mol. The second-order valence-corrected chi connectivity index (χ2v) is 19.3. The highest BCUT2D eigenvalue weighted by molar-refractivity contribution is 6.00. The molecular formula is C53H56FN13O6. The maximum atomic E-state index is 13.8. The van der Waals surface area contributed by atoms with Crippen molar-refractivity contribution in [1.82, 2.24) is 49.1 Å². The fourth-order valence-electron chi connectivity index (χ4n) is 10.5. The Hall–Kier alpha value is -8.13. The zero-order chi connectivity index (χ0) is 50.5. The fourth-order valence-corrected chi connectivity index (χ4v) is 10.5. The van der Waals surface area contributed by atoms with E-state index in [0.29, 0.717) is 82.8 Å². The number of methoxy groups -OCH3 is 1. The van der Waals surface area contributed by atoms with Gasteiger partial charge in [0.05, 0.1) is 53.0 Å². The van der Waals surface area contributed by atoms with Crippen LogP contribution in [0.25, 0.3) is 39.1 Å². The van der Waals surface area contributed by atoms with Gasteiger partial charge in [-0.1, -0.05) is 24.3 Å². The van der Waals surface area contributed by atoms with Gasteiger partial charge in [-0.15, -0.1) is 5.10 Å². The van der Waals surface area contributed by atoms with Crippen molar-refractivity contribution < 1.29 is 28.3 Å². The first-order chi connectivity index (χ1) is 35.4. The number of alkyl halides is 1. The highest BCUT2D eigenvalue weighted by Crippen LogP contribution is 2.38. The zero-order valence-electron chi connectivity index (χ0n) is 40.8. The Morgan fingerprint density at radius 3 is 2.32 bits per heavy atom. The summed E-state index contributed by atoms with van der Waals surface area (Å²) in [6.45, 7) is 6.12. The number of anilines is 4. The van der Waals surface area contributed by atoms with Crippen LogP contribution in [0.2, 0.25) is 0 Å². The third-order valence-corrected chi connectivity index (χ3v) is 14.7. The van der Waals surface area contributed by atoms with E-state index in [1.54, 1.807) is 38.0 Å². The second-order valence-electron chi connectivity index (χ2n) is 19.3. The zero-order valence-corrected chi connectivity index (χ0v) is 40.8. The number of likely N-dealkylation sites (tertiary alicyclic amines) is 1. The Balaban J connectivity index is 0.670. The smallest absolute Gasteiger partial charge is 0.329 e. The van der Waals surface area contributed by atoms with Crippen molar-refractivity contribution >= 4 is 63.2 Å². The number of aryl methyl sites for hydroxylation is 1. The molecular weight excluding hydrogens is 934 g/mol. The molecule has 4 aliphatic rings. The summed E-state index contributed by atoms with van der Waals surface area (Å²) in [6.07, 6.45) is 4.65. The highest BCUT2D eigenvalue weighted by atomic mass is 19.1. The topological polar surface area (TPSA) is 205 Å². The molecule has 3 atom stereocenters. The molecule has 4 N–H and O–H groups in total. The van der Waals surface area contributed by atoms with E-state index in [2.05, 4.69) is 65.4 Å². The van der Waals surface area contributed by atoms with Crippen LogP contribution in [0.1, 0.15) is 59.0 Å². The van der Waals surface area contributed by atoms with Gasteiger partial charge in [0.25, 0.3) is 11.8 Å². The quantitative estimate of drug-likeness (QED) is 0.107. The number of carbonyl (C=O) groups is 4. The van der Waals surface area contributed by atoms with Crippen LogP contribution in [0.3, 0.4) is 0 Å². The molecule has 1 unspecified atom stereocenters. The summed E-state index contributed by atoms with van der Waals surface area (Å²) in [7, 11) is 5.02. The molecule has 20 heteroatoms. The molecule has 3 aliphatic heterocycles. The Kier molecular flexibility index (Phi) is 12.6. The average Bonchev–Trinajstić information content (AvgIpc) is 3.82. The number of fused-ring (bicyclic) bond motifs is 2. The molecule has 0 bridgehead atoms. The second kappa shape index (κ2) is 19.5. The Labute approximate surface area is 419 Å². The number of imidazole rings is 2. The Bertz CT molecular complexity index is 3340. The van der Waals surface area contributed by atoms with Gasteiger partial charge < -0.3 is 30.5 Å². The van der Waals surface area contributed by atoms with Gasteiger partial charge in [0.15, 0.2) is 22.9 Å². The first kappa shape index (κ1) is 47.2. The van der Waals surface area contributed by atoms with Gasteiger partial charge in [-0.3, -0.25) is 43.5 Å². The number of nitrogens with one attached hydrogen (secondary N) is 4. The lowest BCUT2D eigenvalue weighted by molar-refractivity contribution is -0.135. The molecule has 7 aromatic rings. The largest absolute Gasteiger partial charge is 0.494 e. The fraction of sp³-hybridized carbons (Fsp3) is 0.358. The first-order valence-electron chi connectivity index (χ1n) is 24.8. The van der Waals surface area contributed by atoms with Crippen molar-refractivity contribution in [2.24, 2.45) is 13.0 Å². The lowest BCUT2D eigenvalue weighted by atomic mass is 9.95. The molecule has 19 nitrogen and oxygen atoms in total. The van der Waals surface area contributed by atoms with E-state index < -0.39 is 30.1 Å². The summed E-state index contributed by atoms with van der Waals surface area (Å²) < 4.78 is 24.0. The molecule has 0 spiro atoms. The molecule has 4 aromatic heterocycles. The third kappa shape index (κ3) is 9.22. The van der Waals surface area contributed by atoms with Crippen LogP contribution in [-0.4, -0.2) is 134 Å². The summed E-state index contributed by atoms with van der Waals surface area (Å²) in [4.78, 5) is 80.4. The van der Waals surface area contributed by atoms with E-state index in [9.17, 15) is 28.4 Å². The average molecular weight is 990 g/mol. The van der Waals surface area contributed by atoms with Gasteiger partial charge in [0.1, 0.15) is 12.2 Å². The van der Waals surface area contributed by atoms with E-state index in [-0.39, 0.29) is 29.6 Å². The molecule has 1 saturated carbocycles. The van der Waals surface area contributed by atoms with Crippen molar-refractivity contribution in [3.63, 3.8) is 0 Å². The number of aromatic nitrogens is 6. The minimum atomic E-state index is -1.04. The molecule has 73 heavy (non-hydrogen) atoms. The summed E-state index contributed by atoms with van der Waals surface area (Å²) in [6, 6.07) is 24.1. The number of pyridine rings is 1. The van der Waals surface area contributed by atoms with E-state index in [0.717, 1.165) is 67.9 Å². The van der Waals surface area contributed by atoms with Crippen molar-refractivity contribution in [2.75, 3.05) is 75.5 Å². The van der Waals surface area contributed by atoms with Crippen LogP contribution < -0.4 is 36.6 Å². The molecule has 4 amide bonds. The molecule has 376 valence electrons. The number of piperazine rings is 1. The summed E-state index contributed by atoms with van der Waals surface area (Å²) in [5.74, 6) is 0.160. The molecule has 7 heterocycles. The minimum Gasteiger partial charge on any atom is -0.494 e. The van der Waals surface area contributed by atoms with Crippen LogP contribution >= 0.6 is 0 Å². The van der Waals surface area contributed by atoms with Gasteiger partial charge in [0, 0.05) is 96.3 Å². The van der Waals surface area contributed by atoms with Crippen LogP contribution in [0.4, 0.5) is 27.3 Å². The van der Waals surface area contributed by atoms with Crippen LogP contribution in [0.5, 0.6) is 5.75 Å². The van der Waals surface area contributed by atoms with Crippen LogP contribution in [-0.2, 0) is 16.6 Å². The molecule has 3 aromatic carbocycles. The van der Waals surface area contributed by atoms with E-state index in [4.69, 9.17) is 9.72 Å².